The first kappa shape index (κ1) is 25.1. The molecular formula is C31H32N4O4. The van der Waals surface area contributed by atoms with Crippen LogP contribution in [0.5, 0.6) is 0 Å². The van der Waals surface area contributed by atoms with Crippen molar-refractivity contribution < 1.29 is 19.5 Å². The number of fused-ring (bicyclic) bond motifs is 2. The molecule has 8 nitrogen and oxygen atoms in total. The third-order valence-electron chi connectivity index (χ3n) is 8.34. The maximum absolute atomic E-state index is 13.7. The first-order chi connectivity index (χ1) is 18.9. The van der Waals surface area contributed by atoms with E-state index in [1.807, 2.05) is 6.07 Å². The Morgan fingerprint density at radius 2 is 1.46 bits per heavy atom. The summed E-state index contributed by atoms with van der Waals surface area (Å²) in [5.74, 6) is -1.53. The van der Waals surface area contributed by atoms with E-state index >= 15 is 0 Å². The summed E-state index contributed by atoms with van der Waals surface area (Å²) in [5, 5.41) is 12.6. The summed E-state index contributed by atoms with van der Waals surface area (Å²) in [6, 6.07) is 15.6. The normalized spacial score (nSPS) is 18.0. The molecule has 0 atom stereocenters. The van der Waals surface area contributed by atoms with Crippen molar-refractivity contribution >= 4 is 40.3 Å². The standard InChI is InChI=1S/C31H32N4O4/c32-28-25(35-16-12-21(13-17-35)34-14-4-1-5-15-34)18-24(33-20-10-8-19(9-11-20)31(38)39)26-27(28)30(37)23-7-3-2-6-22(23)29(26)36/h2-3,6-11,18,21,33H,1,4-5,12-17,32H2,(H,38,39). The van der Waals surface area contributed by atoms with Crippen molar-refractivity contribution in [3.8, 4) is 0 Å². The molecule has 0 amide bonds. The second-order valence-electron chi connectivity index (χ2n) is 10.6. The Kier molecular flexibility index (Phi) is 6.56. The molecule has 0 spiro atoms. The van der Waals surface area contributed by atoms with Gasteiger partial charge in [0, 0.05) is 35.9 Å². The second-order valence-corrected chi connectivity index (χ2v) is 10.6. The quantitative estimate of drug-likeness (QED) is 0.315. The zero-order valence-electron chi connectivity index (χ0n) is 21.8. The van der Waals surface area contributed by atoms with E-state index in [1.54, 1.807) is 36.4 Å². The largest absolute Gasteiger partial charge is 0.478 e. The molecule has 200 valence electrons. The summed E-state index contributed by atoms with van der Waals surface area (Å²) >= 11 is 0. The highest BCUT2D eigenvalue weighted by atomic mass is 16.4. The van der Waals surface area contributed by atoms with Crippen LogP contribution in [-0.4, -0.2) is 59.8 Å². The van der Waals surface area contributed by atoms with Gasteiger partial charge in [0.25, 0.3) is 0 Å². The first-order valence-corrected chi connectivity index (χ1v) is 13.7. The molecule has 8 heteroatoms. The summed E-state index contributed by atoms with van der Waals surface area (Å²) in [4.78, 5) is 43.6. The number of ketones is 2. The maximum Gasteiger partial charge on any atom is 0.335 e. The van der Waals surface area contributed by atoms with Crippen LogP contribution in [0.15, 0.2) is 54.6 Å². The minimum atomic E-state index is -1.01. The van der Waals surface area contributed by atoms with Gasteiger partial charge in [0.15, 0.2) is 11.6 Å². The molecule has 0 radical (unpaired) electrons. The van der Waals surface area contributed by atoms with Crippen molar-refractivity contribution in [2.45, 2.75) is 38.1 Å². The Balaban J connectivity index is 1.38. The number of nitrogen functional groups attached to an aromatic ring is 1. The number of hydrogen-bond acceptors (Lipinski definition) is 7. The van der Waals surface area contributed by atoms with E-state index < -0.39 is 5.97 Å². The Labute approximate surface area is 227 Å². The fraction of sp³-hybridized carbons (Fsp3) is 0.323. The van der Waals surface area contributed by atoms with Gasteiger partial charge in [0.05, 0.1) is 33.8 Å². The Hall–Kier alpha value is -4.17. The van der Waals surface area contributed by atoms with Gasteiger partial charge < -0.3 is 26.0 Å². The molecule has 0 bridgehead atoms. The number of carboxylic acids is 1. The lowest BCUT2D eigenvalue weighted by molar-refractivity contribution is 0.0696. The zero-order valence-corrected chi connectivity index (χ0v) is 21.8. The third kappa shape index (κ3) is 4.55. The molecule has 3 aromatic carbocycles. The van der Waals surface area contributed by atoms with E-state index in [1.165, 1.54) is 31.4 Å². The number of rotatable bonds is 5. The SMILES string of the molecule is Nc1c(N2CCC(N3CCCCC3)CC2)cc(Nc2ccc(C(=O)O)cc2)c2c1C(=O)c1ccccc1C2=O. The van der Waals surface area contributed by atoms with E-state index in [2.05, 4.69) is 15.1 Å². The van der Waals surface area contributed by atoms with Crippen molar-refractivity contribution in [1.82, 2.24) is 4.90 Å². The highest BCUT2D eigenvalue weighted by Crippen LogP contribution is 2.42. The van der Waals surface area contributed by atoms with Crippen LogP contribution in [0.25, 0.3) is 0 Å². The number of piperidine rings is 2. The summed E-state index contributed by atoms with van der Waals surface area (Å²) < 4.78 is 0. The minimum Gasteiger partial charge on any atom is -0.478 e. The molecule has 4 N–H and O–H groups in total. The lowest BCUT2D eigenvalue weighted by atomic mass is 9.81. The topological polar surface area (TPSA) is 116 Å². The molecule has 6 rings (SSSR count). The number of carboxylic acid groups (broad SMARTS) is 1. The van der Waals surface area contributed by atoms with Crippen molar-refractivity contribution in [3.63, 3.8) is 0 Å². The second kappa shape index (κ2) is 10.2. The molecule has 2 fully saturated rings. The fourth-order valence-electron chi connectivity index (χ4n) is 6.27. The Morgan fingerprint density at radius 3 is 2.08 bits per heavy atom. The van der Waals surface area contributed by atoms with Crippen LogP contribution in [0, 0.1) is 0 Å². The number of aromatic carboxylic acids is 1. The zero-order chi connectivity index (χ0) is 27.1. The number of nitrogens with one attached hydrogen (secondary N) is 1. The Morgan fingerprint density at radius 1 is 0.846 bits per heavy atom. The molecule has 39 heavy (non-hydrogen) atoms. The smallest absolute Gasteiger partial charge is 0.335 e. The van der Waals surface area contributed by atoms with Gasteiger partial charge in [-0.05, 0) is 69.1 Å². The molecule has 0 unspecified atom stereocenters. The van der Waals surface area contributed by atoms with Gasteiger partial charge in [-0.25, -0.2) is 4.79 Å². The van der Waals surface area contributed by atoms with Crippen LogP contribution in [0.3, 0.4) is 0 Å². The predicted octanol–water partition coefficient (Wildman–Crippen LogP) is 4.94. The van der Waals surface area contributed by atoms with E-state index in [0.29, 0.717) is 34.2 Å². The number of likely N-dealkylation sites (tertiary alicyclic amines) is 1. The Bertz CT molecular complexity index is 1450. The third-order valence-corrected chi connectivity index (χ3v) is 8.34. The molecule has 2 heterocycles. The first-order valence-electron chi connectivity index (χ1n) is 13.7. The van der Waals surface area contributed by atoms with E-state index in [9.17, 15) is 19.5 Å². The maximum atomic E-state index is 13.7. The van der Waals surface area contributed by atoms with Crippen LogP contribution in [0.4, 0.5) is 22.7 Å². The van der Waals surface area contributed by atoms with E-state index in [-0.39, 0.29) is 28.3 Å². The fourth-order valence-corrected chi connectivity index (χ4v) is 6.27. The number of nitrogens with two attached hydrogens (primary N) is 1. The van der Waals surface area contributed by atoms with Crippen molar-refractivity contribution in [1.29, 1.82) is 0 Å². The molecule has 1 aliphatic carbocycles. The van der Waals surface area contributed by atoms with Crippen LogP contribution < -0.4 is 16.0 Å². The van der Waals surface area contributed by atoms with E-state index in [4.69, 9.17) is 5.73 Å². The van der Waals surface area contributed by atoms with E-state index in [0.717, 1.165) is 44.7 Å². The molecule has 0 saturated carbocycles. The molecule has 0 aromatic heterocycles. The number of benzene rings is 3. The molecule has 3 aromatic rings. The van der Waals surface area contributed by atoms with Gasteiger partial charge >= 0.3 is 5.97 Å². The summed E-state index contributed by atoms with van der Waals surface area (Å²) in [6.45, 7) is 3.96. The van der Waals surface area contributed by atoms with Gasteiger partial charge in [-0.3, -0.25) is 9.59 Å². The highest BCUT2D eigenvalue weighted by Gasteiger charge is 2.36. The van der Waals surface area contributed by atoms with Gasteiger partial charge in [-0.15, -0.1) is 0 Å². The number of hydrogen-bond donors (Lipinski definition) is 3. The monoisotopic (exact) mass is 524 g/mol. The average Bonchev–Trinajstić information content (AvgIpc) is 2.97. The van der Waals surface area contributed by atoms with Gasteiger partial charge in [0.2, 0.25) is 0 Å². The molecule has 3 aliphatic rings. The van der Waals surface area contributed by atoms with Crippen molar-refractivity contribution in [3.05, 3.63) is 82.4 Å². The average molecular weight is 525 g/mol. The van der Waals surface area contributed by atoms with Crippen LogP contribution >= 0.6 is 0 Å². The predicted molar refractivity (Wildman–Crippen MR) is 152 cm³/mol. The van der Waals surface area contributed by atoms with Gasteiger partial charge in [0.1, 0.15) is 0 Å². The van der Waals surface area contributed by atoms with Crippen molar-refractivity contribution in [2.75, 3.05) is 42.1 Å². The number of anilines is 4. The number of nitrogens with zero attached hydrogens (tertiary/aromatic N) is 2. The van der Waals surface area contributed by atoms with Crippen molar-refractivity contribution in [2.24, 2.45) is 0 Å². The number of carbonyl (C=O) groups excluding carboxylic acids is 2. The van der Waals surface area contributed by atoms with Crippen LogP contribution in [0.1, 0.15) is 74.3 Å². The van der Waals surface area contributed by atoms with Crippen LogP contribution in [0.2, 0.25) is 0 Å². The van der Waals surface area contributed by atoms with Gasteiger partial charge in [-0.1, -0.05) is 30.7 Å². The summed E-state index contributed by atoms with van der Waals surface area (Å²) in [7, 11) is 0. The van der Waals surface area contributed by atoms with Crippen LogP contribution in [-0.2, 0) is 0 Å². The minimum absolute atomic E-state index is 0.164. The molecule has 2 aliphatic heterocycles. The summed E-state index contributed by atoms with van der Waals surface area (Å²) in [6.07, 6.45) is 5.87. The molecule has 2 saturated heterocycles. The lowest BCUT2D eigenvalue weighted by Crippen LogP contribution is -2.47. The summed E-state index contributed by atoms with van der Waals surface area (Å²) in [5.41, 5.74) is 10.3. The highest BCUT2D eigenvalue weighted by molar-refractivity contribution is 6.32. The lowest BCUT2D eigenvalue weighted by Gasteiger charge is -2.41. The molecular weight excluding hydrogens is 492 g/mol. The van der Waals surface area contributed by atoms with Gasteiger partial charge in [-0.2, -0.15) is 0 Å². The number of carbonyl (C=O) groups is 3.